The number of nitrogens with one attached hydrogen (secondary N) is 1. The van der Waals surface area contributed by atoms with E-state index in [9.17, 15) is 4.79 Å². The average molecular weight is 286 g/mol. The molecule has 21 heavy (non-hydrogen) atoms. The molecule has 1 saturated heterocycles. The van der Waals surface area contributed by atoms with E-state index < -0.39 is 0 Å². The van der Waals surface area contributed by atoms with Crippen molar-refractivity contribution in [2.24, 2.45) is 5.92 Å². The van der Waals surface area contributed by atoms with Crippen LogP contribution in [0.15, 0.2) is 18.2 Å². The van der Waals surface area contributed by atoms with E-state index in [0.717, 1.165) is 18.8 Å². The molecule has 1 aromatic carbocycles. The van der Waals surface area contributed by atoms with E-state index in [2.05, 4.69) is 35.3 Å². The molecule has 0 aromatic heterocycles. The average Bonchev–Trinajstić information content (AvgIpc) is 3.13. The van der Waals surface area contributed by atoms with Gasteiger partial charge in [0.2, 0.25) is 5.91 Å². The van der Waals surface area contributed by atoms with Crippen molar-refractivity contribution in [3.8, 4) is 0 Å². The van der Waals surface area contributed by atoms with Gasteiger partial charge in [0.1, 0.15) is 0 Å². The summed E-state index contributed by atoms with van der Waals surface area (Å²) in [6.07, 6.45) is 8.30. The quantitative estimate of drug-likeness (QED) is 0.903. The van der Waals surface area contributed by atoms with Crippen molar-refractivity contribution in [2.75, 3.05) is 23.3 Å². The summed E-state index contributed by atoms with van der Waals surface area (Å²) in [7, 11) is 0. The molecule has 0 spiro atoms. The first-order valence-corrected chi connectivity index (χ1v) is 8.38. The number of benzene rings is 1. The number of carbonyl (C=O) groups is 1. The molecule has 1 aromatic rings. The molecular formula is C18H26N2O. The van der Waals surface area contributed by atoms with E-state index in [4.69, 9.17) is 0 Å². The maximum Gasteiger partial charge on any atom is 0.224 e. The molecule has 1 aliphatic carbocycles. The number of aryl methyl sites for hydroxylation is 1. The second kappa shape index (κ2) is 6.50. The second-order valence-electron chi connectivity index (χ2n) is 6.60. The monoisotopic (exact) mass is 286 g/mol. The van der Waals surface area contributed by atoms with Gasteiger partial charge in [0, 0.05) is 30.9 Å². The minimum Gasteiger partial charge on any atom is -0.372 e. The topological polar surface area (TPSA) is 32.3 Å². The van der Waals surface area contributed by atoms with Crippen LogP contribution in [-0.4, -0.2) is 19.0 Å². The molecule has 1 N–H and O–H groups in total. The number of hydrogen-bond acceptors (Lipinski definition) is 2. The lowest BCUT2D eigenvalue weighted by atomic mass is 10.0. The molecule has 2 aliphatic rings. The van der Waals surface area contributed by atoms with Gasteiger partial charge in [0.25, 0.3) is 0 Å². The molecule has 3 nitrogen and oxygen atoms in total. The highest BCUT2D eigenvalue weighted by molar-refractivity contribution is 5.92. The number of hydrogen-bond donors (Lipinski definition) is 1. The van der Waals surface area contributed by atoms with Crippen molar-refractivity contribution in [2.45, 2.75) is 51.9 Å². The van der Waals surface area contributed by atoms with Gasteiger partial charge in [-0.1, -0.05) is 12.8 Å². The number of anilines is 2. The van der Waals surface area contributed by atoms with E-state index in [1.165, 1.54) is 49.8 Å². The van der Waals surface area contributed by atoms with E-state index >= 15 is 0 Å². The summed E-state index contributed by atoms with van der Waals surface area (Å²) in [5, 5.41) is 3.10. The first-order valence-electron chi connectivity index (χ1n) is 8.38. The van der Waals surface area contributed by atoms with Crippen LogP contribution in [0.3, 0.4) is 0 Å². The molecule has 1 saturated carbocycles. The lowest BCUT2D eigenvalue weighted by Crippen LogP contribution is -2.18. The van der Waals surface area contributed by atoms with Gasteiger partial charge >= 0.3 is 0 Å². The number of carbonyl (C=O) groups excluding carboxylic acids is 1. The van der Waals surface area contributed by atoms with Crippen molar-refractivity contribution in [3.63, 3.8) is 0 Å². The predicted octanol–water partition coefficient (Wildman–Crippen LogP) is 4.11. The van der Waals surface area contributed by atoms with Gasteiger partial charge in [-0.2, -0.15) is 0 Å². The maximum absolute atomic E-state index is 12.1. The molecule has 1 heterocycles. The fraction of sp³-hybridized carbons (Fsp3) is 0.611. The van der Waals surface area contributed by atoms with Crippen LogP contribution in [0.5, 0.6) is 0 Å². The Bertz CT molecular complexity index is 500. The third kappa shape index (κ3) is 3.58. The number of amides is 1. The van der Waals surface area contributed by atoms with Crippen LogP contribution in [0, 0.1) is 12.8 Å². The third-order valence-electron chi connectivity index (χ3n) is 4.90. The normalized spacial score (nSPS) is 19.2. The first kappa shape index (κ1) is 14.4. The number of nitrogens with zero attached hydrogens (tertiary/aromatic N) is 1. The SMILES string of the molecule is Cc1cc(N2CCCC2)ccc1NC(=O)CC1CCCC1. The van der Waals surface area contributed by atoms with Crippen molar-refractivity contribution in [1.29, 1.82) is 0 Å². The molecule has 114 valence electrons. The van der Waals surface area contributed by atoms with Gasteiger partial charge in [-0.05, 0) is 62.3 Å². The van der Waals surface area contributed by atoms with Crippen LogP contribution >= 0.6 is 0 Å². The highest BCUT2D eigenvalue weighted by Gasteiger charge is 2.19. The van der Waals surface area contributed by atoms with Gasteiger partial charge in [-0.25, -0.2) is 0 Å². The summed E-state index contributed by atoms with van der Waals surface area (Å²) in [5.74, 6) is 0.785. The summed E-state index contributed by atoms with van der Waals surface area (Å²) in [4.78, 5) is 14.6. The van der Waals surface area contributed by atoms with Gasteiger partial charge < -0.3 is 10.2 Å². The summed E-state index contributed by atoms with van der Waals surface area (Å²) >= 11 is 0. The zero-order chi connectivity index (χ0) is 14.7. The first-order chi connectivity index (χ1) is 10.2. The molecule has 1 amide bonds. The van der Waals surface area contributed by atoms with Crippen LogP contribution in [-0.2, 0) is 4.79 Å². The highest BCUT2D eigenvalue weighted by Crippen LogP contribution is 2.29. The zero-order valence-electron chi connectivity index (χ0n) is 13.0. The minimum atomic E-state index is 0.180. The highest BCUT2D eigenvalue weighted by atomic mass is 16.1. The van der Waals surface area contributed by atoms with Gasteiger partial charge in [-0.15, -0.1) is 0 Å². The van der Waals surface area contributed by atoms with Crippen LogP contribution in [0.4, 0.5) is 11.4 Å². The van der Waals surface area contributed by atoms with E-state index in [1.54, 1.807) is 0 Å². The third-order valence-corrected chi connectivity index (χ3v) is 4.90. The molecule has 1 aliphatic heterocycles. The maximum atomic E-state index is 12.1. The smallest absolute Gasteiger partial charge is 0.224 e. The van der Waals surface area contributed by atoms with Gasteiger partial charge in [0.05, 0.1) is 0 Å². The summed E-state index contributed by atoms with van der Waals surface area (Å²) < 4.78 is 0. The Kier molecular flexibility index (Phi) is 4.47. The lowest BCUT2D eigenvalue weighted by molar-refractivity contribution is -0.117. The van der Waals surface area contributed by atoms with Crippen molar-refractivity contribution < 1.29 is 4.79 Å². The number of rotatable bonds is 4. The Labute approximate surface area is 127 Å². The molecule has 0 bridgehead atoms. The summed E-state index contributed by atoms with van der Waals surface area (Å²) in [5.41, 5.74) is 3.43. The van der Waals surface area contributed by atoms with Crippen molar-refractivity contribution >= 4 is 17.3 Å². The zero-order valence-corrected chi connectivity index (χ0v) is 13.0. The minimum absolute atomic E-state index is 0.180. The van der Waals surface area contributed by atoms with Crippen molar-refractivity contribution in [3.05, 3.63) is 23.8 Å². The molecule has 3 rings (SSSR count). The molecule has 0 atom stereocenters. The largest absolute Gasteiger partial charge is 0.372 e. The Morgan fingerprint density at radius 1 is 1.19 bits per heavy atom. The summed E-state index contributed by atoms with van der Waals surface area (Å²) in [6.45, 7) is 4.41. The van der Waals surface area contributed by atoms with Gasteiger partial charge in [-0.3, -0.25) is 4.79 Å². The Hall–Kier alpha value is -1.51. The lowest BCUT2D eigenvalue weighted by Gasteiger charge is -2.19. The van der Waals surface area contributed by atoms with E-state index in [-0.39, 0.29) is 5.91 Å². The fourth-order valence-electron chi connectivity index (χ4n) is 3.64. The molecule has 3 heteroatoms. The molecule has 0 radical (unpaired) electrons. The standard InChI is InChI=1S/C18H26N2O/c1-14-12-16(20-10-4-5-11-20)8-9-17(14)19-18(21)13-15-6-2-3-7-15/h8-9,12,15H,2-7,10-11,13H2,1H3,(H,19,21). The Balaban J connectivity index is 1.60. The Morgan fingerprint density at radius 3 is 2.57 bits per heavy atom. The fourth-order valence-corrected chi connectivity index (χ4v) is 3.64. The van der Waals surface area contributed by atoms with Gasteiger partial charge in [0.15, 0.2) is 0 Å². The van der Waals surface area contributed by atoms with Crippen LogP contribution in [0.25, 0.3) is 0 Å². The summed E-state index contributed by atoms with van der Waals surface area (Å²) in [6, 6.07) is 6.41. The molecule has 2 fully saturated rings. The van der Waals surface area contributed by atoms with Crippen LogP contribution in [0.1, 0.15) is 50.5 Å². The molecule has 0 unspecified atom stereocenters. The van der Waals surface area contributed by atoms with E-state index in [1.807, 2.05) is 0 Å². The van der Waals surface area contributed by atoms with Crippen LogP contribution in [0.2, 0.25) is 0 Å². The van der Waals surface area contributed by atoms with E-state index in [0.29, 0.717) is 12.3 Å². The van der Waals surface area contributed by atoms with Crippen LogP contribution < -0.4 is 10.2 Å². The Morgan fingerprint density at radius 2 is 1.90 bits per heavy atom. The molecular weight excluding hydrogens is 260 g/mol. The second-order valence-corrected chi connectivity index (χ2v) is 6.60. The predicted molar refractivity (Wildman–Crippen MR) is 87.8 cm³/mol. The van der Waals surface area contributed by atoms with Crippen molar-refractivity contribution in [1.82, 2.24) is 0 Å².